The third-order valence-electron chi connectivity index (χ3n) is 3.01. The van der Waals surface area contributed by atoms with Gasteiger partial charge in [0.15, 0.2) is 6.61 Å². The molecule has 0 bridgehead atoms. The molecule has 0 aliphatic carbocycles. The molecule has 0 aromatic heterocycles. The monoisotopic (exact) mass is 445 g/mol. The molecule has 0 aliphatic rings. The van der Waals surface area contributed by atoms with Crippen LogP contribution in [0.3, 0.4) is 0 Å². The van der Waals surface area contributed by atoms with Crippen molar-refractivity contribution in [1.82, 2.24) is 0 Å². The van der Waals surface area contributed by atoms with Crippen LogP contribution in [0.15, 0.2) is 40.9 Å². The fourth-order valence-electron chi connectivity index (χ4n) is 1.88. The van der Waals surface area contributed by atoms with Crippen LogP contribution in [-0.2, 0) is 9.53 Å². The molecule has 0 fully saturated rings. The van der Waals surface area contributed by atoms with Crippen molar-refractivity contribution in [2.45, 2.75) is 6.92 Å². The molecule has 0 aliphatic heterocycles. The van der Waals surface area contributed by atoms with E-state index in [1.807, 2.05) is 0 Å². The van der Waals surface area contributed by atoms with Crippen molar-refractivity contribution in [2.75, 3.05) is 18.5 Å². The number of ether oxygens (including phenoxy) is 2. The molecule has 0 saturated heterocycles. The van der Waals surface area contributed by atoms with Crippen LogP contribution in [-0.4, -0.2) is 25.1 Å². The van der Waals surface area contributed by atoms with Gasteiger partial charge in [-0.05, 0) is 59.3 Å². The Morgan fingerprint density at radius 2 is 1.92 bits per heavy atom. The third kappa shape index (κ3) is 5.63. The van der Waals surface area contributed by atoms with E-state index in [1.54, 1.807) is 25.1 Å². The Morgan fingerprint density at radius 1 is 1.16 bits per heavy atom. The lowest BCUT2D eigenvalue weighted by Gasteiger charge is -2.11. The Kier molecular flexibility index (Phi) is 7.11. The normalized spacial score (nSPS) is 10.2. The first kappa shape index (κ1) is 19.6. The largest absolute Gasteiger partial charge is 0.483 e. The van der Waals surface area contributed by atoms with Crippen LogP contribution in [0.2, 0.25) is 10.0 Å². The molecular weight excluding hydrogens is 433 g/mol. The predicted molar refractivity (Wildman–Crippen MR) is 101 cm³/mol. The van der Waals surface area contributed by atoms with Crippen LogP contribution in [0.5, 0.6) is 5.75 Å². The number of rotatable bonds is 6. The van der Waals surface area contributed by atoms with E-state index < -0.39 is 11.9 Å². The fourth-order valence-corrected chi connectivity index (χ4v) is 2.90. The number of carbonyl (C=O) groups is 2. The van der Waals surface area contributed by atoms with E-state index in [1.165, 1.54) is 18.2 Å². The van der Waals surface area contributed by atoms with Gasteiger partial charge in [0.25, 0.3) is 5.91 Å². The maximum Gasteiger partial charge on any atom is 0.338 e. The van der Waals surface area contributed by atoms with Gasteiger partial charge in [-0.15, -0.1) is 0 Å². The number of hydrogen-bond acceptors (Lipinski definition) is 4. The van der Waals surface area contributed by atoms with Crippen molar-refractivity contribution in [2.24, 2.45) is 0 Å². The minimum absolute atomic E-state index is 0.212. The Bertz CT molecular complexity index is 798. The molecule has 0 unspecified atom stereocenters. The van der Waals surface area contributed by atoms with Crippen molar-refractivity contribution >= 4 is 56.7 Å². The van der Waals surface area contributed by atoms with Crippen molar-refractivity contribution in [3.8, 4) is 5.75 Å². The highest BCUT2D eigenvalue weighted by Gasteiger charge is 2.12. The molecule has 0 atom stereocenters. The van der Waals surface area contributed by atoms with Crippen molar-refractivity contribution in [3.05, 3.63) is 56.5 Å². The van der Waals surface area contributed by atoms with E-state index in [0.29, 0.717) is 26.5 Å². The zero-order valence-corrected chi connectivity index (χ0v) is 16.2. The maximum absolute atomic E-state index is 12.0. The predicted octanol–water partition coefficient (Wildman–Crippen LogP) is 4.95. The van der Waals surface area contributed by atoms with Gasteiger partial charge in [0.05, 0.1) is 27.4 Å². The molecule has 2 rings (SSSR count). The van der Waals surface area contributed by atoms with Crippen LogP contribution in [0.1, 0.15) is 17.3 Å². The van der Waals surface area contributed by atoms with Gasteiger partial charge < -0.3 is 14.8 Å². The molecule has 0 radical (unpaired) electrons. The zero-order chi connectivity index (χ0) is 18.4. The lowest BCUT2D eigenvalue weighted by atomic mass is 10.2. The van der Waals surface area contributed by atoms with Crippen molar-refractivity contribution in [1.29, 1.82) is 0 Å². The molecule has 1 amide bonds. The molecule has 0 spiro atoms. The number of anilines is 1. The van der Waals surface area contributed by atoms with E-state index >= 15 is 0 Å². The molecule has 5 nitrogen and oxygen atoms in total. The molecule has 2 aromatic carbocycles. The minimum Gasteiger partial charge on any atom is -0.483 e. The topological polar surface area (TPSA) is 64.6 Å². The zero-order valence-electron chi connectivity index (χ0n) is 13.1. The highest BCUT2D eigenvalue weighted by molar-refractivity contribution is 9.10. The van der Waals surface area contributed by atoms with Gasteiger partial charge in [0, 0.05) is 5.02 Å². The molecule has 1 N–H and O–H groups in total. The van der Waals surface area contributed by atoms with Gasteiger partial charge in [-0.3, -0.25) is 4.79 Å². The fraction of sp³-hybridized carbons (Fsp3) is 0.176. The average molecular weight is 447 g/mol. The second-order valence-electron chi connectivity index (χ2n) is 4.83. The molecule has 132 valence electrons. The van der Waals surface area contributed by atoms with Gasteiger partial charge in [-0.25, -0.2) is 4.79 Å². The Morgan fingerprint density at radius 3 is 2.56 bits per heavy atom. The summed E-state index contributed by atoms with van der Waals surface area (Å²) in [5.74, 6) is -0.380. The van der Waals surface area contributed by atoms with Gasteiger partial charge >= 0.3 is 5.97 Å². The van der Waals surface area contributed by atoms with Gasteiger partial charge in [0.2, 0.25) is 0 Å². The van der Waals surface area contributed by atoms with E-state index in [4.69, 9.17) is 32.7 Å². The Labute approximate surface area is 163 Å². The Balaban J connectivity index is 1.97. The first-order valence-corrected chi connectivity index (χ1v) is 8.80. The highest BCUT2D eigenvalue weighted by Crippen LogP contribution is 2.28. The first-order chi connectivity index (χ1) is 11.9. The van der Waals surface area contributed by atoms with Crippen molar-refractivity contribution in [3.63, 3.8) is 0 Å². The summed E-state index contributed by atoms with van der Waals surface area (Å²) in [6.45, 7) is 1.77. The number of carbonyl (C=O) groups excluding carboxylic acids is 2. The maximum atomic E-state index is 12.0. The number of halogens is 3. The van der Waals surface area contributed by atoms with Crippen LogP contribution >= 0.6 is 39.1 Å². The molecule has 2 aromatic rings. The van der Waals surface area contributed by atoms with Gasteiger partial charge in [-0.1, -0.05) is 23.2 Å². The number of nitrogens with one attached hydrogen (secondary N) is 1. The van der Waals surface area contributed by atoms with Gasteiger partial charge in [0.1, 0.15) is 5.75 Å². The number of benzene rings is 2. The Hall–Kier alpha value is -1.76. The molecule has 0 heterocycles. The molecule has 8 heteroatoms. The van der Waals surface area contributed by atoms with Crippen molar-refractivity contribution < 1.29 is 19.1 Å². The van der Waals surface area contributed by atoms with E-state index in [9.17, 15) is 9.59 Å². The quantitative estimate of drug-likeness (QED) is 0.637. The summed E-state index contributed by atoms with van der Waals surface area (Å²) in [5, 5.41) is 3.40. The summed E-state index contributed by atoms with van der Waals surface area (Å²) < 4.78 is 11.0. The van der Waals surface area contributed by atoms with E-state index in [-0.39, 0.29) is 18.2 Å². The lowest BCUT2D eigenvalue weighted by Crippen LogP contribution is -2.20. The second kappa shape index (κ2) is 9.08. The highest BCUT2D eigenvalue weighted by atomic mass is 79.9. The van der Waals surface area contributed by atoms with E-state index in [2.05, 4.69) is 21.2 Å². The number of amides is 1. The van der Waals surface area contributed by atoms with Crippen LogP contribution in [0.25, 0.3) is 0 Å². The average Bonchev–Trinajstić information content (AvgIpc) is 2.56. The summed E-state index contributed by atoms with van der Waals surface area (Å²) in [4.78, 5) is 23.7. The minimum atomic E-state index is -0.474. The lowest BCUT2D eigenvalue weighted by molar-refractivity contribution is -0.118. The first-order valence-electron chi connectivity index (χ1n) is 7.25. The molecule has 0 saturated carbocycles. The van der Waals surface area contributed by atoms with Gasteiger partial charge in [-0.2, -0.15) is 0 Å². The summed E-state index contributed by atoms with van der Waals surface area (Å²) in [6.07, 6.45) is 0. The summed E-state index contributed by atoms with van der Waals surface area (Å²) in [7, 11) is 0. The standard InChI is InChI=1S/C17H14BrCl2NO4/c1-2-24-17(23)10-3-5-14(13(20)7-10)21-16(22)9-25-15-6-4-11(19)8-12(15)18/h3-8H,2,9H2,1H3,(H,21,22). The van der Waals surface area contributed by atoms with E-state index in [0.717, 1.165) is 0 Å². The smallest absolute Gasteiger partial charge is 0.338 e. The summed E-state index contributed by atoms with van der Waals surface area (Å²) in [5.41, 5.74) is 0.685. The number of esters is 1. The number of hydrogen-bond donors (Lipinski definition) is 1. The SMILES string of the molecule is CCOC(=O)c1ccc(NC(=O)COc2ccc(Cl)cc2Br)c(Cl)c1. The van der Waals surface area contributed by atoms with Crippen LogP contribution in [0, 0.1) is 0 Å². The third-order valence-corrected chi connectivity index (χ3v) is 4.17. The summed E-state index contributed by atoms with van der Waals surface area (Å²) >= 11 is 15.2. The molecular formula is C17H14BrCl2NO4. The van der Waals surface area contributed by atoms with Crippen LogP contribution in [0.4, 0.5) is 5.69 Å². The summed E-state index contributed by atoms with van der Waals surface area (Å²) in [6, 6.07) is 9.47. The van der Waals surface area contributed by atoms with Crippen LogP contribution < -0.4 is 10.1 Å². The second-order valence-corrected chi connectivity index (χ2v) is 6.52. The molecule has 25 heavy (non-hydrogen) atoms.